The number of nitrogens with zero attached hydrogens (tertiary/aromatic N) is 2. The summed E-state index contributed by atoms with van der Waals surface area (Å²) in [4.78, 5) is 11.8. The largest absolute Gasteiger partial charge is 0.368 e. The normalized spacial score (nSPS) is 20.0. The molecule has 0 aromatic carbocycles. The molecule has 2 rings (SSSR count). The lowest BCUT2D eigenvalue weighted by molar-refractivity contribution is -0.124. The lowest BCUT2D eigenvalue weighted by Gasteiger charge is -2.10. The summed E-state index contributed by atoms with van der Waals surface area (Å²) in [7, 11) is 0. The molecule has 0 aliphatic carbocycles. The number of nitrogens with one attached hydrogen (secondary N) is 1. The van der Waals surface area contributed by atoms with Crippen LogP contribution in [0.25, 0.3) is 0 Å². The highest BCUT2D eigenvalue weighted by molar-refractivity contribution is 5.93. The lowest BCUT2D eigenvalue weighted by Crippen LogP contribution is -2.28. The second-order valence-electron chi connectivity index (χ2n) is 3.98. The fourth-order valence-corrected chi connectivity index (χ4v) is 1.88. The fraction of sp³-hybridized carbons (Fsp3) is 0.636. The van der Waals surface area contributed by atoms with Gasteiger partial charge in [-0.25, -0.2) is 4.68 Å². The van der Waals surface area contributed by atoms with Crippen molar-refractivity contribution >= 4 is 11.7 Å². The number of anilines is 1. The van der Waals surface area contributed by atoms with Gasteiger partial charge in [0, 0.05) is 19.2 Å². The van der Waals surface area contributed by atoms with Gasteiger partial charge in [-0.05, 0) is 26.7 Å². The van der Waals surface area contributed by atoms with Gasteiger partial charge in [0.1, 0.15) is 11.9 Å². The number of aromatic nitrogens is 2. The van der Waals surface area contributed by atoms with E-state index in [0.717, 1.165) is 30.9 Å². The van der Waals surface area contributed by atoms with Gasteiger partial charge in [-0.3, -0.25) is 4.79 Å². The van der Waals surface area contributed by atoms with E-state index in [1.165, 1.54) is 0 Å². The van der Waals surface area contributed by atoms with E-state index in [0.29, 0.717) is 6.61 Å². The van der Waals surface area contributed by atoms with Crippen LogP contribution in [0.2, 0.25) is 0 Å². The van der Waals surface area contributed by atoms with Crippen LogP contribution in [0, 0.1) is 6.92 Å². The van der Waals surface area contributed by atoms with Gasteiger partial charge in [0.05, 0.1) is 5.69 Å². The van der Waals surface area contributed by atoms with Crippen molar-refractivity contribution in [2.45, 2.75) is 39.3 Å². The van der Waals surface area contributed by atoms with Crippen molar-refractivity contribution in [3.05, 3.63) is 11.8 Å². The monoisotopic (exact) mass is 223 g/mol. The van der Waals surface area contributed by atoms with Crippen LogP contribution in [0.15, 0.2) is 6.07 Å². The number of carbonyl (C=O) groups excluding carboxylic acids is 1. The van der Waals surface area contributed by atoms with E-state index in [2.05, 4.69) is 10.4 Å². The lowest BCUT2D eigenvalue weighted by atomic mass is 10.2. The molecule has 0 spiro atoms. The molecular formula is C11H17N3O2. The quantitative estimate of drug-likeness (QED) is 0.841. The molecule has 88 valence electrons. The number of hydrogen-bond donors (Lipinski definition) is 1. The first kappa shape index (κ1) is 11.1. The molecule has 0 bridgehead atoms. The zero-order chi connectivity index (χ0) is 11.5. The molecule has 1 N–H and O–H groups in total. The first-order valence-corrected chi connectivity index (χ1v) is 5.67. The molecule has 1 aromatic heterocycles. The van der Waals surface area contributed by atoms with E-state index in [9.17, 15) is 4.79 Å². The number of aryl methyl sites for hydroxylation is 2. The first-order chi connectivity index (χ1) is 7.70. The minimum Gasteiger partial charge on any atom is -0.368 e. The van der Waals surface area contributed by atoms with Crippen LogP contribution < -0.4 is 5.32 Å². The van der Waals surface area contributed by atoms with E-state index in [1.807, 2.05) is 19.9 Å². The van der Waals surface area contributed by atoms with Crippen molar-refractivity contribution in [1.82, 2.24) is 9.78 Å². The van der Waals surface area contributed by atoms with Crippen molar-refractivity contribution in [2.75, 3.05) is 11.9 Å². The van der Waals surface area contributed by atoms with Gasteiger partial charge >= 0.3 is 0 Å². The second-order valence-corrected chi connectivity index (χ2v) is 3.98. The Morgan fingerprint density at radius 1 is 1.75 bits per heavy atom. The summed E-state index contributed by atoms with van der Waals surface area (Å²) in [5.41, 5.74) is 0.907. The van der Waals surface area contributed by atoms with Crippen LogP contribution in [0.5, 0.6) is 0 Å². The number of amides is 1. The van der Waals surface area contributed by atoms with Crippen molar-refractivity contribution in [3.63, 3.8) is 0 Å². The zero-order valence-corrected chi connectivity index (χ0v) is 9.69. The number of rotatable bonds is 3. The zero-order valence-electron chi connectivity index (χ0n) is 9.69. The van der Waals surface area contributed by atoms with Crippen molar-refractivity contribution < 1.29 is 9.53 Å². The van der Waals surface area contributed by atoms with Crippen molar-refractivity contribution in [2.24, 2.45) is 0 Å². The molecule has 1 saturated heterocycles. The number of ether oxygens (including phenoxy) is 1. The molecule has 1 amide bonds. The average Bonchev–Trinajstić information content (AvgIpc) is 2.87. The van der Waals surface area contributed by atoms with Crippen LogP contribution in [0.4, 0.5) is 5.82 Å². The summed E-state index contributed by atoms with van der Waals surface area (Å²) in [5.74, 6) is 0.688. The molecule has 16 heavy (non-hydrogen) atoms. The fourth-order valence-electron chi connectivity index (χ4n) is 1.88. The molecule has 1 aromatic rings. The first-order valence-electron chi connectivity index (χ1n) is 5.67. The molecular weight excluding hydrogens is 206 g/mol. The van der Waals surface area contributed by atoms with Gasteiger partial charge in [0.15, 0.2) is 0 Å². The van der Waals surface area contributed by atoms with E-state index in [-0.39, 0.29) is 12.0 Å². The topological polar surface area (TPSA) is 56.2 Å². The molecule has 1 fully saturated rings. The Morgan fingerprint density at radius 2 is 2.56 bits per heavy atom. The minimum atomic E-state index is -0.291. The molecule has 0 radical (unpaired) electrons. The summed E-state index contributed by atoms with van der Waals surface area (Å²) in [6, 6.07) is 1.87. The third-order valence-electron chi connectivity index (χ3n) is 2.68. The molecule has 5 nitrogen and oxygen atoms in total. The Hall–Kier alpha value is -1.36. The van der Waals surface area contributed by atoms with Crippen LogP contribution in [-0.4, -0.2) is 28.4 Å². The average molecular weight is 223 g/mol. The van der Waals surface area contributed by atoms with Crippen LogP contribution in [0.3, 0.4) is 0 Å². The molecule has 0 unspecified atom stereocenters. The third kappa shape index (κ3) is 2.24. The predicted octanol–water partition coefficient (Wildman–Crippen LogP) is 1.33. The maximum absolute atomic E-state index is 11.8. The van der Waals surface area contributed by atoms with Crippen LogP contribution in [0.1, 0.15) is 25.5 Å². The van der Waals surface area contributed by atoms with Crippen molar-refractivity contribution in [1.29, 1.82) is 0 Å². The Morgan fingerprint density at radius 3 is 3.19 bits per heavy atom. The number of carbonyl (C=O) groups is 1. The highest BCUT2D eigenvalue weighted by Gasteiger charge is 2.24. The molecule has 1 atom stereocenters. The molecule has 5 heteroatoms. The summed E-state index contributed by atoms with van der Waals surface area (Å²) in [6.07, 6.45) is 1.48. The number of hydrogen-bond acceptors (Lipinski definition) is 3. The van der Waals surface area contributed by atoms with Gasteiger partial charge in [0.2, 0.25) is 0 Å². The Bertz CT molecular complexity index is 381. The molecule has 1 aliphatic heterocycles. The maximum Gasteiger partial charge on any atom is 0.254 e. The smallest absolute Gasteiger partial charge is 0.254 e. The Labute approximate surface area is 94.8 Å². The SMILES string of the molecule is CCn1nc(C)cc1NC(=O)[C@@H]1CCCO1. The molecule has 0 saturated carbocycles. The standard InChI is InChI=1S/C11H17N3O2/c1-3-14-10(7-8(2)13-14)12-11(15)9-5-4-6-16-9/h7,9H,3-6H2,1-2H3,(H,12,15)/t9-/m0/s1. The van der Waals surface area contributed by atoms with Gasteiger partial charge in [0.25, 0.3) is 5.91 Å². The third-order valence-corrected chi connectivity index (χ3v) is 2.68. The van der Waals surface area contributed by atoms with Crippen molar-refractivity contribution in [3.8, 4) is 0 Å². The Balaban J connectivity index is 2.04. The van der Waals surface area contributed by atoms with Crippen LogP contribution in [-0.2, 0) is 16.1 Å². The van der Waals surface area contributed by atoms with E-state index in [4.69, 9.17) is 4.74 Å². The highest BCUT2D eigenvalue weighted by Crippen LogP contribution is 2.16. The second kappa shape index (κ2) is 4.65. The summed E-state index contributed by atoms with van der Waals surface area (Å²) in [5, 5.41) is 7.13. The predicted molar refractivity (Wildman–Crippen MR) is 60.2 cm³/mol. The highest BCUT2D eigenvalue weighted by atomic mass is 16.5. The summed E-state index contributed by atoms with van der Waals surface area (Å²) in [6.45, 7) is 5.33. The van der Waals surface area contributed by atoms with Gasteiger partial charge in [-0.2, -0.15) is 5.10 Å². The van der Waals surface area contributed by atoms with E-state index >= 15 is 0 Å². The summed E-state index contributed by atoms with van der Waals surface area (Å²) < 4.78 is 7.11. The van der Waals surface area contributed by atoms with E-state index < -0.39 is 0 Å². The molecule has 1 aliphatic rings. The Kier molecular flexibility index (Phi) is 3.24. The van der Waals surface area contributed by atoms with Gasteiger partial charge in [-0.1, -0.05) is 0 Å². The van der Waals surface area contributed by atoms with Gasteiger partial charge in [-0.15, -0.1) is 0 Å². The maximum atomic E-state index is 11.8. The van der Waals surface area contributed by atoms with E-state index in [1.54, 1.807) is 4.68 Å². The minimum absolute atomic E-state index is 0.0629. The molecule has 2 heterocycles. The van der Waals surface area contributed by atoms with Crippen LogP contribution >= 0.6 is 0 Å². The summed E-state index contributed by atoms with van der Waals surface area (Å²) >= 11 is 0. The van der Waals surface area contributed by atoms with Gasteiger partial charge < -0.3 is 10.1 Å².